The molecule has 0 aliphatic carbocycles. The van der Waals surface area contributed by atoms with Crippen molar-refractivity contribution >= 4 is 23.6 Å². The molecule has 1 aromatic heterocycles. The van der Waals surface area contributed by atoms with Gasteiger partial charge in [-0.3, -0.25) is 5.32 Å². The van der Waals surface area contributed by atoms with E-state index in [1.54, 1.807) is 13.0 Å². The maximum absolute atomic E-state index is 11.7. The summed E-state index contributed by atoms with van der Waals surface area (Å²) in [5.74, 6) is -1.01. The van der Waals surface area contributed by atoms with E-state index in [0.29, 0.717) is 5.69 Å². The number of carbonyl (C=O) groups is 2. The molecule has 0 fully saturated rings. The molecule has 0 aliphatic rings. The minimum absolute atomic E-state index is 0.0528. The molecule has 0 unspecified atom stereocenters. The van der Waals surface area contributed by atoms with Crippen LogP contribution >= 0.6 is 0 Å². The number of anilines is 2. The first kappa shape index (κ1) is 13.4. The van der Waals surface area contributed by atoms with E-state index in [1.165, 1.54) is 24.5 Å². The van der Waals surface area contributed by atoms with Crippen molar-refractivity contribution in [3.05, 3.63) is 41.7 Å². The van der Waals surface area contributed by atoms with E-state index < -0.39 is 12.0 Å². The predicted molar refractivity (Wildman–Crippen MR) is 70.6 cm³/mol. The van der Waals surface area contributed by atoms with Crippen LogP contribution in [0.5, 0.6) is 0 Å². The van der Waals surface area contributed by atoms with Crippen molar-refractivity contribution in [3.63, 3.8) is 0 Å². The highest BCUT2D eigenvalue weighted by Gasteiger charge is 2.09. The zero-order valence-electron chi connectivity index (χ0n) is 10.5. The van der Waals surface area contributed by atoms with Gasteiger partial charge >= 0.3 is 12.0 Å². The normalized spacial score (nSPS) is 9.85. The molecule has 0 radical (unpaired) electrons. The third-order valence-corrected chi connectivity index (χ3v) is 2.44. The molecule has 3 N–H and O–H groups in total. The monoisotopic (exact) mass is 273 g/mol. The summed E-state index contributed by atoms with van der Waals surface area (Å²) in [6, 6.07) is 3.87. The Morgan fingerprint density at radius 1 is 1.20 bits per heavy atom. The number of rotatable bonds is 3. The van der Waals surface area contributed by atoms with Gasteiger partial charge in [-0.15, -0.1) is 5.10 Å². The second-order valence-corrected chi connectivity index (χ2v) is 3.88. The van der Waals surface area contributed by atoms with Crippen molar-refractivity contribution in [2.75, 3.05) is 10.6 Å². The molecule has 2 rings (SSSR count). The largest absolute Gasteiger partial charge is 0.478 e. The number of hydrogen-bond acceptors (Lipinski definition) is 5. The first-order chi connectivity index (χ1) is 9.56. The van der Waals surface area contributed by atoms with E-state index in [0.717, 1.165) is 5.56 Å². The first-order valence-electron chi connectivity index (χ1n) is 5.62. The summed E-state index contributed by atoms with van der Waals surface area (Å²) in [5.41, 5.74) is 1.21. The summed E-state index contributed by atoms with van der Waals surface area (Å²) in [6.45, 7) is 1.75. The summed E-state index contributed by atoms with van der Waals surface area (Å²) in [4.78, 5) is 26.4. The molecule has 8 heteroatoms. The highest BCUT2D eigenvalue weighted by molar-refractivity contribution is 6.00. The Kier molecular flexibility index (Phi) is 3.85. The van der Waals surface area contributed by atoms with Crippen molar-refractivity contribution in [1.82, 2.24) is 15.2 Å². The average molecular weight is 273 g/mol. The van der Waals surface area contributed by atoms with Crippen molar-refractivity contribution < 1.29 is 14.7 Å². The van der Waals surface area contributed by atoms with Crippen LogP contribution in [0.1, 0.15) is 15.9 Å². The summed E-state index contributed by atoms with van der Waals surface area (Å²) in [7, 11) is 0. The van der Waals surface area contributed by atoms with E-state index in [9.17, 15) is 9.59 Å². The van der Waals surface area contributed by atoms with Gasteiger partial charge < -0.3 is 10.4 Å². The van der Waals surface area contributed by atoms with Crippen LogP contribution in [-0.2, 0) is 0 Å². The molecule has 0 atom stereocenters. The van der Waals surface area contributed by atoms with Gasteiger partial charge in [-0.05, 0) is 24.6 Å². The smallest absolute Gasteiger partial charge is 0.335 e. The summed E-state index contributed by atoms with van der Waals surface area (Å²) < 4.78 is 0. The summed E-state index contributed by atoms with van der Waals surface area (Å²) >= 11 is 0. The number of aryl methyl sites for hydroxylation is 1. The molecule has 0 spiro atoms. The van der Waals surface area contributed by atoms with Gasteiger partial charge in [-0.1, -0.05) is 6.07 Å². The molecule has 1 aromatic carbocycles. The summed E-state index contributed by atoms with van der Waals surface area (Å²) in [5, 5.41) is 21.0. The Bertz CT molecular complexity index is 645. The van der Waals surface area contributed by atoms with Gasteiger partial charge in [0.25, 0.3) is 5.95 Å². The van der Waals surface area contributed by atoms with E-state index in [2.05, 4.69) is 25.8 Å². The predicted octanol–water partition coefficient (Wildman–Crippen LogP) is 1.52. The Labute approximate surface area is 113 Å². The van der Waals surface area contributed by atoms with Crippen molar-refractivity contribution in [3.8, 4) is 0 Å². The first-order valence-corrected chi connectivity index (χ1v) is 5.62. The number of urea groups is 1. The van der Waals surface area contributed by atoms with Crippen LogP contribution in [0, 0.1) is 6.92 Å². The number of hydrogen-bond donors (Lipinski definition) is 3. The van der Waals surface area contributed by atoms with Crippen LogP contribution in [0.2, 0.25) is 0 Å². The molecule has 0 aliphatic heterocycles. The molecule has 20 heavy (non-hydrogen) atoms. The maximum atomic E-state index is 11.7. The third-order valence-electron chi connectivity index (χ3n) is 2.44. The number of aromatic nitrogens is 3. The van der Waals surface area contributed by atoms with Gasteiger partial charge in [0, 0.05) is 5.69 Å². The molecule has 0 bridgehead atoms. The summed E-state index contributed by atoms with van der Waals surface area (Å²) in [6.07, 6.45) is 2.77. The van der Waals surface area contributed by atoms with Gasteiger partial charge in [0.05, 0.1) is 18.0 Å². The lowest BCUT2D eigenvalue weighted by atomic mass is 10.1. The Morgan fingerprint density at radius 3 is 2.65 bits per heavy atom. The standard InChI is InChI=1S/C12H11N5O3/c1-7-2-3-8(10(18)19)6-9(7)15-12(20)16-11-13-4-5-14-17-11/h2-6H,1H3,(H,18,19)(H2,13,15,16,17,20). The fourth-order valence-corrected chi connectivity index (χ4v) is 1.45. The van der Waals surface area contributed by atoms with Crippen LogP contribution in [-0.4, -0.2) is 32.3 Å². The molecule has 102 valence electrons. The SMILES string of the molecule is Cc1ccc(C(=O)O)cc1NC(=O)Nc1nccnn1. The van der Waals surface area contributed by atoms with Gasteiger partial charge in [-0.2, -0.15) is 5.10 Å². The van der Waals surface area contributed by atoms with Crippen molar-refractivity contribution in [2.45, 2.75) is 6.92 Å². The van der Waals surface area contributed by atoms with E-state index in [1.807, 2.05) is 0 Å². The van der Waals surface area contributed by atoms with Crippen molar-refractivity contribution in [2.24, 2.45) is 0 Å². The van der Waals surface area contributed by atoms with Crippen molar-refractivity contribution in [1.29, 1.82) is 0 Å². The number of nitrogens with zero attached hydrogens (tertiary/aromatic N) is 3. The van der Waals surface area contributed by atoms with Crippen LogP contribution in [0.15, 0.2) is 30.6 Å². The number of carboxylic acid groups (broad SMARTS) is 1. The van der Waals surface area contributed by atoms with E-state index in [4.69, 9.17) is 5.11 Å². The molecule has 8 nitrogen and oxygen atoms in total. The quantitative estimate of drug-likeness (QED) is 0.780. The van der Waals surface area contributed by atoms with Gasteiger partial charge in [0.1, 0.15) is 0 Å². The third kappa shape index (κ3) is 3.25. The Hall–Kier alpha value is -3.03. The van der Waals surface area contributed by atoms with Crippen LogP contribution in [0.3, 0.4) is 0 Å². The second-order valence-electron chi connectivity index (χ2n) is 3.88. The van der Waals surface area contributed by atoms with Gasteiger partial charge in [-0.25, -0.2) is 14.6 Å². The minimum Gasteiger partial charge on any atom is -0.478 e. The molecule has 1 heterocycles. The number of carbonyl (C=O) groups excluding carboxylic acids is 1. The molecule has 0 saturated heterocycles. The van der Waals surface area contributed by atoms with E-state index in [-0.39, 0.29) is 11.5 Å². The number of benzene rings is 1. The fraction of sp³-hybridized carbons (Fsp3) is 0.0833. The lowest BCUT2D eigenvalue weighted by Gasteiger charge is -2.09. The zero-order chi connectivity index (χ0) is 14.5. The maximum Gasteiger partial charge on any atom is 0.335 e. The highest BCUT2D eigenvalue weighted by atomic mass is 16.4. The number of carboxylic acids is 1. The number of amides is 2. The van der Waals surface area contributed by atoms with Crippen LogP contribution in [0.25, 0.3) is 0 Å². The van der Waals surface area contributed by atoms with Gasteiger partial charge in [0.2, 0.25) is 0 Å². The lowest BCUT2D eigenvalue weighted by molar-refractivity contribution is 0.0697. The molecular weight excluding hydrogens is 262 g/mol. The minimum atomic E-state index is -1.07. The van der Waals surface area contributed by atoms with Crippen LogP contribution < -0.4 is 10.6 Å². The fourth-order valence-electron chi connectivity index (χ4n) is 1.45. The number of aromatic carboxylic acids is 1. The van der Waals surface area contributed by atoms with Gasteiger partial charge in [0.15, 0.2) is 0 Å². The second kappa shape index (κ2) is 5.74. The Morgan fingerprint density at radius 2 is 2.00 bits per heavy atom. The number of nitrogens with one attached hydrogen (secondary N) is 2. The molecular formula is C12H11N5O3. The topological polar surface area (TPSA) is 117 Å². The zero-order valence-corrected chi connectivity index (χ0v) is 10.5. The molecule has 2 amide bonds. The lowest BCUT2D eigenvalue weighted by Crippen LogP contribution is -2.21. The average Bonchev–Trinajstić information content (AvgIpc) is 2.42. The highest BCUT2D eigenvalue weighted by Crippen LogP contribution is 2.17. The Balaban J connectivity index is 2.11. The van der Waals surface area contributed by atoms with Crippen LogP contribution in [0.4, 0.5) is 16.4 Å². The molecule has 0 saturated carbocycles. The van der Waals surface area contributed by atoms with E-state index >= 15 is 0 Å². The molecule has 2 aromatic rings.